The Bertz CT molecular complexity index is 528. The lowest BCUT2D eigenvalue weighted by Crippen LogP contribution is -2.67. The van der Waals surface area contributed by atoms with E-state index in [0.29, 0.717) is 51.9 Å². The van der Waals surface area contributed by atoms with E-state index < -0.39 is 5.54 Å². The Labute approximate surface area is 149 Å². The van der Waals surface area contributed by atoms with Crippen molar-refractivity contribution in [1.29, 1.82) is 0 Å². The van der Waals surface area contributed by atoms with Crippen molar-refractivity contribution in [3.8, 4) is 0 Å². The summed E-state index contributed by atoms with van der Waals surface area (Å²) in [5.41, 5.74) is -0.449. The average molecular weight is 350 g/mol. The van der Waals surface area contributed by atoms with Crippen molar-refractivity contribution in [2.75, 3.05) is 46.3 Å². The van der Waals surface area contributed by atoms with Crippen molar-refractivity contribution < 1.29 is 14.4 Å². The van der Waals surface area contributed by atoms with Gasteiger partial charge in [0, 0.05) is 52.1 Å². The van der Waals surface area contributed by atoms with Gasteiger partial charge in [-0.15, -0.1) is 0 Å². The highest BCUT2D eigenvalue weighted by molar-refractivity contribution is 5.87. The van der Waals surface area contributed by atoms with Gasteiger partial charge in [-0.3, -0.25) is 19.3 Å². The molecule has 0 saturated carbocycles. The lowest BCUT2D eigenvalue weighted by molar-refractivity contribution is -0.145. The molecule has 1 N–H and O–H groups in total. The zero-order valence-electron chi connectivity index (χ0n) is 15.3. The lowest BCUT2D eigenvalue weighted by Gasteiger charge is -2.48. The summed E-state index contributed by atoms with van der Waals surface area (Å²) in [5, 5.41) is 2.97. The van der Waals surface area contributed by atoms with Gasteiger partial charge in [-0.25, -0.2) is 0 Å². The Morgan fingerprint density at radius 3 is 2.56 bits per heavy atom. The summed E-state index contributed by atoms with van der Waals surface area (Å²) in [5.74, 6) is 0.387. The van der Waals surface area contributed by atoms with E-state index in [0.717, 1.165) is 32.4 Å². The minimum atomic E-state index is -0.449. The molecule has 3 saturated heterocycles. The number of nitrogens with one attached hydrogen (secondary N) is 1. The largest absolute Gasteiger partial charge is 0.353 e. The molecule has 0 unspecified atom stereocenters. The van der Waals surface area contributed by atoms with E-state index in [1.165, 1.54) is 0 Å². The third-order valence-electron chi connectivity index (χ3n) is 6.10. The van der Waals surface area contributed by atoms with Gasteiger partial charge in [0.2, 0.25) is 17.7 Å². The quantitative estimate of drug-likeness (QED) is 0.789. The number of carbonyl (C=O) groups is 3. The molecule has 0 aliphatic carbocycles. The highest BCUT2D eigenvalue weighted by Gasteiger charge is 2.46. The molecular formula is C18H30N4O3. The first-order valence-corrected chi connectivity index (χ1v) is 9.58. The van der Waals surface area contributed by atoms with Crippen LogP contribution >= 0.6 is 0 Å². The van der Waals surface area contributed by atoms with Gasteiger partial charge in [0.05, 0.1) is 0 Å². The topological polar surface area (TPSA) is 73.0 Å². The molecule has 0 radical (unpaired) electrons. The van der Waals surface area contributed by atoms with Crippen LogP contribution in [0, 0.1) is 0 Å². The number of piperazine rings is 1. The number of rotatable bonds is 3. The van der Waals surface area contributed by atoms with Crippen LogP contribution in [0.15, 0.2) is 0 Å². The van der Waals surface area contributed by atoms with Gasteiger partial charge < -0.3 is 15.1 Å². The summed E-state index contributed by atoms with van der Waals surface area (Å²) in [6.45, 7) is 4.09. The molecule has 0 aromatic heterocycles. The minimum absolute atomic E-state index is 0.100. The van der Waals surface area contributed by atoms with Gasteiger partial charge in [-0.1, -0.05) is 6.42 Å². The van der Waals surface area contributed by atoms with E-state index in [4.69, 9.17) is 0 Å². The maximum Gasteiger partial charge on any atom is 0.240 e. The predicted octanol–water partition coefficient (Wildman–Crippen LogP) is 0.202. The number of piperidine rings is 1. The minimum Gasteiger partial charge on any atom is -0.353 e. The molecule has 0 atom stereocenters. The van der Waals surface area contributed by atoms with Crippen molar-refractivity contribution in [3.05, 3.63) is 0 Å². The Hall–Kier alpha value is -1.63. The van der Waals surface area contributed by atoms with E-state index in [1.807, 2.05) is 16.8 Å². The smallest absolute Gasteiger partial charge is 0.240 e. The predicted molar refractivity (Wildman–Crippen MR) is 93.8 cm³/mol. The Balaban J connectivity index is 1.50. The second-order valence-corrected chi connectivity index (χ2v) is 7.53. The Morgan fingerprint density at radius 2 is 1.84 bits per heavy atom. The number of carbonyl (C=O) groups excluding carboxylic acids is 3. The summed E-state index contributed by atoms with van der Waals surface area (Å²) in [6, 6.07) is 0. The van der Waals surface area contributed by atoms with Crippen LogP contribution in [0.4, 0.5) is 0 Å². The monoisotopic (exact) mass is 350 g/mol. The molecule has 25 heavy (non-hydrogen) atoms. The highest BCUT2D eigenvalue weighted by atomic mass is 16.2. The molecule has 1 spiro atoms. The molecule has 0 aromatic carbocycles. The zero-order chi connectivity index (χ0) is 17.9. The Morgan fingerprint density at radius 1 is 1.08 bits per heavy atom. The second-order valence-electron chi connectivity index (χ2n) is 7.53. The van der Waals surface area contributed by atoms with Crippen molar-refractivity contribution >= 4 is 17.7 Å². The van der Waals surface area contributed by atoms with Gasteiger partial charge in [-0.2, -0.15) is 0 Å². The van der Waals surface area contributed by atoms with E-state index in [1.54, 1.807) is 0 Å². The second kappa shape index (κ2) is 7.72. The average Bonchev–Trinajstić information content (AvgIpc) is 2.82. The van der Waals surface area contributed by atoms with Crippen molar-refractivity contribution in [2.45, 2.75) is 50.5 Å². The summed E-state index contributed by atoms with van der Waals surface area (Å²) in [4.78, 5) is 42.8. The number of likely N-dealkylation sites (N-methyl/N-ethyl adjacent to an activating group) is 1. The van der Waals surface area contributed by atoms with Crippen LogP contribution in [0.3, 0.4) is 0 Å². The number of likely N-dealkylation sites (tertiary alicyclic amines) is 2. The van der Waals surface area contributed by atoms with Gasteiger partial charge in [-0.05, 0) is 32.7 Å². The first-order valence-electron chi connectivity index (χ1n) is 9.58. The SMILES string of the molecule is CN1CCNC(=O)C12CCN(C(=O)CCN1CCCCCC1=O)CC2. The van der Waals surface area contributed by atoms with Gasteiger partial charge in [0.25, 0.3) is 0 Å². The van der Waals surface area contributed by atoms with E-state index in [-0.39, 0.29) is 17.7 Å². The normalized spacial score (nSPS) is 25.0. The molecule has 3 heterocycles. The fraction of sp³-hybridized carbons (Fsp3) is 0.833. The summed E-state index contributed by atoms with van der Waals surface area (Å²) < 4.78 is 0. The molecular weight excluding hydrogens is 320 g/mol. The molecule has 3 aliphatic heterocycles. The van der Waals surface area contributed by atoms with E-state index in [9.17, 15) is 14.4 Å². The maximum absolute atomic E-state index is 12.5. The van der Waals surface area contributed by atoms with Crippen LogP contribution in [0.1, 0.15) is 44.9 Å². The third-order valence-corrected chi connectivity index (χ3v) is 6.10. The van der Waals surface area contributed by atoms with Gasteiger partial charge in [0.15, 0.2) is 0 Å². The van der Waals surface area contributed by atoms with Crippen molar-refractivity contribution in [3.63, 3.8) is 0 Å². The van der Waals surface area contributed by atoms with Crippen molar-refractivity contribution in [1.82, 2.24) is 20.0 Å². The van der Waals surface area contributed by atoms with Crippen LogP contribution in [0.5, 0.6) is 0 Å². The molecule has 0 bridgehead atoms. The zero-order valence-corrected chi connectivity index (χ0v) is 15.3. The molecule has 140 valence electrons. The van der Waals surface area contributed by atoms with E-state index in [2.05, 4.69) is 10.2 Å². The van der Waals surface area contributed by atoms with Crippen molar-refractivity contribution in [2.24, 2.45) is 0 Å². The first-order chi connectivity index (χ1) is 12.0. The molecule has 0 aromatic rings. The molecule has 3 aliphatic rings. The molecule has 3 rings (SSSR count). The standard InChI is InChI=1S/C18H30N4O3/c1-20-14-9-19-17(25)18(20)7-12-22(13-8-18)16(24)6-11-21-10-4-2-3-5-15(21)23/h2-14H2,1H3,(H,19,25). The summed E-state index contributed by atoms with van der Waals surface area (Å²) >= 11 is 0. The highest BCUT2D eigenvalue weighted by Crippen LogP contribution is 2.30. The van der Waals surface area contributed by atoms with Crippen LogP contribution in [-0.4, -0.2) is 84.3 Å². The molecule has 7 heteroatoms. The fourth-order valence-corrected chi connectivity index (χ4v) is 4.29. The summed E-state index contributed by atoms with van der Waals surface area (Å²) in [7, 11) is 2.00. The van der Waals surface area contributed by atoms with Crippen LogP contribution in [0.25, 0.3) is 0 Å². The van der Waals surface area contributed by atoms with Crippen LogP contribution in [-0.2, 0) is 14.4 Å². The van der Waals surface area contributed by atoms with Gasteiger partial charge >= 0.3 is 0 Å². The number of hydrogen-bond acceptors (Lipinski definition) is 4. The summed E-state index contributed by atoms with van der Waals surface area (Å²) in [6.07, 6.45) is 5.47. The van der Waals surface area contributed by atoms with Gasteiger partial charge in [0.1, 0.15) is 5.54 Å². The van der Waals surface area contributed by atoms with E-state index >= 15 is 0 Å². The van der Waals surface area contributed by atoms with Crippen LogP contribution < -0.4 is 5.32 Å². The fourth-order valence-electron chi connectivity index (χ4n) is 4.29. The lowest BCUT2D eigenvalue weighted by atomic mass is 9.83. The molecule has 3 fully saturated rings. The number of hydrogen-bond donors (Lipinski definition) is 1. The maximum atomic E-state index is 12.5. The molecule has 7 nitrogen and oxygen atoms in total. The van der Waals surface area contributed by atoms with Crippen LogP contribution in [0.2, 0.25) is 0 Å². The first kappa shape index (κ1) is 18.2. The molecule has 3 amide bonds. The number of nitrogens with zero attached hydrogens (tertiary/aromatic N) is 3. The Kier molecular flexibility index (Phi) is 5.61. The number of amides is 3. The third kappa shape index (κ3) is 3.81.